The number of nitrogens with zero attached hydrogens (tertiary/aromatic N) is 2. The Bertz CT molecular complexity index is 1950. The number of aromatic nitrogens is 1. The lowest BCUT2D eigenvalue weighted by atomic mass is 10.0. The van der Waals surface area contributed by atoms with Crippen LogP contribution in [0.2, 0.25) is 5.02 Å². The van der Waals surface area contributed by atoms with Crippen LogP contribution in [-0.2, 0) is 26.6 Å². The molecule has 0 saturated carbocycles. The number of hydrogen-bond acceptors (Lipinski definition) is 6. The van der Waals surface area contributed by atoms with Crippen molar-refractivity contribution in [3.8, 4) is 5.75 Å². The number of benzene rings is 3. The summed E-state index contributed by atoms with van der Waals surface area (Å²) in [7, 11) is -8.07. The predicted molar refractivity (Wildman–Crippen MR) is 181 cm³/mol. The third-order valence-electron chi connectivity index (χ3n) is 8.67. The number of para-hydroxylation sites is 1. The molecule has 4 aromatic rings. The van der Waals surface area contributed by atoms with Gasteiger partial charge in [-0.3, -0.25) is 4.79 Å². The number of carbonyl (C=O) groups is 1. The Labute approximate surface area is 276 Å². The fourth-order valence-corrected chi connectivity index (χ4v) is 9.10. The van der Waals surface area contributed by atoms with E-state index in [9.17, 15) is 21.6 Å². The van der Waals surface area contributed by atoms with Crippen molar-refractivity contribution < 1.29 is 26.4 Å². The topological polar surface area (TPSA) is 115 Å². The minimum atomic E-state index is -4.29. The summed E-state index contributed by atoms with van der Waals surface area (Å²) in [6.45, 7) is 9.05. The molecular formula is C34H40ClN3O6S2. The monoisotopic (exact) mass is 685 g/mol. The number of rotatable bonds is 11. The highest BCUT2D eigenvalue weighted by molar-refractivity contribution is 7.90. The number of carbonyl (C=O) groups excluding carboxylic acids is 1. The van der Waals surface area contributed by atoms with Gasteiger partial charge in [0.2, 0.25) is 10.0 Å². The molecule has 0 bridgehead atoms. The molecule has 1 fully saturated rings. The van der Waals surface area contributed by atoms with Crippen LogP contribution in [0, 0.1) is 20.8 Å². The highest BCUT2D eigenvalue weighted by Gasteiger charge is 2.33. The molecule has 0 unspecified atom stereocenters. The number of ether oxygens (including phenoxy) is 1. The summed E-state index contributed by atoms with van der Waals surface area (Å²) in [6.07, 6.45) is 3.94. The quantitative estimate of drug-likeness (QED) is 0.175. The number of nitrogens with one attached hydrogen (secondary N) is 1. The summed E-state index contributed by atoms with van der Waals surface area (Å²) in [5.74, 6) is -0.0207. The third-order valence-corrected chi connectivity index (χ3v) is 12.6. The molecule has 1 aliphatic heterocycles. The van der Waals surface area contributed by atoms with E-state index in [4.69, 9.17) is 16.3 Å². The number of hydrogen-bond donors (Lipinski definition) is 1. The van der Waals surface area contributed by atoms with Crippen LogP contribution >= 0.6 is 11.6 Å². The van der Waals surface area contributed by atoms with Gasteiger partial charge in [-0.2, -0.15) is 4.31 Å². The second kappa shape index (κ2) is 13.8. The van der Waals surface area contributed by atoms with Crippen molar-refractivity contribution in [1.82, 2.24) is 13.6 Å². The molecule has 1 saturated heterocycles. The van der Waals surface area contributed by atoms with Crippen molar-refractivity contribution in [2.75, 3.05) is 13.2 Å². The molecular weight excluding hydrogens is 646 g/mol. The molecule has 0 spiro atoms. The SMILES string of the molecule is CC[C@H]1CCCCN1S(=O)(=O)c1ccc(S(=O)(=O)NC(=O)c2c(C)n(CCCOc3cc(C)c(Cl)c(C)c3)c3ccccc23)cc1. The van der Waals surface area contributed by atoms with Gasteiger partial charge in [0, 0.05) is 40.8 Å². The normalized spacial score (nSPS) is 16.1. The van der Waals surface area contributed by atoms with Gasteiger partial charge in [0.15, 0.2) is 0 Å². The van der Waals surface area contributed by atoms with Gasteiger partial charge in [-0.15, -0.1) is 0 Å². The standard InChI is InChI=1S/C34H40ClN3O6S2/c1-5-26-11-8-9-19-38(26)46(42,43)29-16-14-28(15-17-29)45(40,41)36-34(39)32-25(4)37(31-13-7-6-12-30(31)32)18-10-20-44-27-21-23(2)33(35)24(3)22-27/h6-7,12-17,21-22,26H,5,8-11,18-20H2,1-4H3,(H,36,39)/t26-/m0/s1. The lowest BCUT2D eigenvalue weighted by Crippen LogP contribution is -2.43. The molecule has 2 heterocycles. The van der Waals surface area contributed by atoms with Gasteiger partial charge in [0.05, 0.1) is 22.0 Å². The van der Waals surface area contributed by atoms with Crippen LogP contribution in [0.4, 0.5) is 0 Å². The van der Waals surface area contributed by atoms with E-state index in [0.717, 1.165) is 46.7 Å². The number of fused-ring (bicyclic) bond motifs is 1. The summed E-state index contributed by atoms with van der Waals surface area (Å²) in [5, 5.41) is 1.35. The van der Waals surface area contributed by atoms with Crippen molar-refractivity contribution >= 4 is 48.5 Å². The van der Waals surface area contributed by atoms with E-state index >= 15 is 0 Å². The highest BCUT2D eigenvalue weighted by Crippen LogP contribution is 2.30. The van der Waals surface area contributed by atoms with Crippen LogP contribution in [0.3, 0.4) is 0 Å². The van der Waals surface area contributed by atoms with Crippen LogP contribution in [0.5, 0.6) is 5.75 Å². The zero-order chi connectivity index (χ0) is 33.2. The number of amides is 1. The van der Waals surface area contributed by atoms with Crippen LogP contribution in [0.15, 0.2) is 70.5 Å². The maximum Gasteiger partial charge on any atom is 0.267 e. The zero-order valence-corrected chi connectivity index (χ0v) is 28.9. The van der Waals surface area contributed by atoms with Crippen molar-refractivity contribution in [3.63, 3.8) is 0 Å². The van der Waals surface area contributed by atoms with Crippen LogP contribution < -0.4 is 9.46 Å². The molecule has 1 aliphatic rings. The second-order valence-corrected chi connectivity index (χ2v) is 15.7. The lowest BCUT2D eigenvalue weighted by Gasteiger charge is -2.34. The van der Waals surface area contributed by atoms with E-state index in [-0.39, 0.29) is 21.4 Å². The molecule has 1 atom stereocenters. The van der Waals surface area contributed by atoms with E-state index in [1.54, 1.807) is 19.1 Å². The maximum atomic E-state index is 13.5. The summed E-state index contributed by atoms with van der Waals surface area (Å²) in [5.41, 5.74) is 3.58. The Morgan fingerprint density at radius 3 is 2.28 bits per heavy atom. The fraction of sp³-hybridized carbons (Fsp3) is 0.382. The Balaban J connectivity index is 1.31. The van der Waals surface area contributed by atoms with Crippen LogP contribution in [-0.4, -0.2) is 50.8 Å². The molecule has 1 amide bonds. The first kappa shape index (κ1) is 34.0. The van der Waals surface area contributed by atoms with Gasteiger partial charge in [-0.25, -0.2) is 21.6 Å². The molecule has 9 nitrogen and oxygen atoms in total. The Morgan fingerprint density at radius 1 is 0.957 bits per heavy atom. The highest BCUT2D eigenvalue weighted by atomic mass is 35.5. The van der Waals surface area contributed by atoms with Gasteiger partial charge >= 0.3 is 0 Å². The summed E-state index contributed by atoms with van der Waals surface area (Å²) >= 11 is 6.27. The van der Waals surface area contributed by atoms with Crippen molar-refractivity contribution in [3.05, 3.63) is 88.1 Å². The van der Waals surface area contributed by atoms with E-state index in [1.807, 2.05) is 49.6 Å². The molecule has 246 valence electrons. The summed E-state index contributed by atoms with van der Waals surface area (Å²) in [4.78, 5) is 13.4. The minimum absolute atomic E-state index is 0.0300. The van der Waals surface area contributed by atoms with E-state index in [1.165, 1.54) is 28.6 Å². The van der Waals surface area contributed by atoms with E-state index in [2.05, 4.69) is 4.72 Å². The molecule has 1 N–H and O–H groups in total. The lowest BCUT2D eigenvalue weighted by molar-refractivity contribution is 0.0982. The Kier molecular flexibility index (Phi) is 10.2. The number of halogens is 1. The number of sulfonamides is 2. The van der Waals surface area contributed by atoms with Gasteiger partial charge in [-0.05, 0) is 100 Å². The first-order valence-corrected chi connectivity index (χ1v) is 18.8. The van der Waals surface area contributed by atoms with Gasteiger partial charge < -0.3 is 9.30 Å². The smallest absolute Gasteiger partial charge is 0.267 e. The second-order valence-electron chi connectivity index (χ2n) is 11.8. The maximum absolute atomic E-state index is 13.5. The average Bonchev–Trinajstić information content (AvgIpc) is 3.32. The Hall–Kier alpha value is -3.38. The number of piperidine rings is 1. The first-order valence-electron chi connectivity index (χ1n) is 15.5. The third kappa shape index (κ3) is 6.83. The van der Waals surface area contributed by atoms with Crippen LogP contribution in [0.25, 0.3) is 10.9 Å². The molecule has 0 radical (unpaired) electrons. The molecule has 0 aliphatic carbocycles. The summed E-state index contributed by atoms with van der Waals surface area (Å²) in [6, 6.07) is 16.1. The first-order chi connectivity index (χ1) is 21.8. The zero-order valence-electron chi connectivity index (χ0n) is 26.5. The van der Waals surface area contributed by atoms with Crippen molar-refractivity contribution in [2.24, 2.45) is 0 Å². The average molecular weight is 686 g/mol. The van der Waals surface area contributed by atoms with Gasteiger partial charge in [-0.1, -0.05) is 43.1 Å². The number of aryl methyl sites for hydroxylation is 3. The molecule has 1 aromatic heterocycles. The van der Waals surface area contributed by atoms with E-state index < -0.39 is 26.0 Å². The van der Waals surface area contributed by atoms with E-state index in [0.29, 0.717) is 43.6 Å². The molecule has 12 heteroatoms. The van der Waals surface area contributed by atoms with Gasteiger partial charge in [0.1, 0.15) is 5.75 Å². The minimum Gasteiger partial charge on any atom is -0.494 e. The fourth-order valence-electron chi connectivity index (χ4n) is 6.26. The van der Waals surface area contributed by atoms with Crippen LogP contribution in [0.1, 0.15) is 66.2 Å². The molecule has 3 aromatic carbocycles. The largest absolute Gasteiger partial charge is 0.494 e. The Morgan fingerprint density at radius 2 is 1.61 bits per heavy atom. The summed E-state index contributed by atoms with van der Waals surface area (Å²) < 4.78 is 65.0. The van der Waals surface area contributed by atoms with Crippen molar-refractivity contribution in [2.45, 2.75) is 82.2 Å². The van der Waals surface area contributed by atoms with Crippen molar-refractivity contribution in [1.29, 1.82) is 0 Å². The van der Waals surface area contributed by atoms with Gasteiger partial charge in [0.25, 0.3) is 15.9 Å². The predicted octanol–water partition coefficient (Wildman–Crippen LogP) is 6.76. The molecule has 5 rings (SSSR count). The molecule has 46 heavy (non-hydrogen) atoms.